The van der Waals surface area contributed by atoms with Crippen molar-refractivity contribution >= 4 is 33.3 Å². The number of aryl methyl sites for hydroxylation is 1. The Hall–Kier alpha value is -1.88. The first-order valence-corrected chi connectivity index (χ1v) is 6.14. The summed E-state index contributed by atoms with van der Waals surface area (Å²) in [5.74, 6) is 0.247. The lowest BCUT2D eigenvalue weighted by molar-refractivity contribution is 0.100. The number of nitrogens with one attached hydrogen (secondary N) is 1. The highest BCUT2D eigenvalue weighted by atomic mass is 79.9. The average molecular weight is 306 g/mol. The molecule has 0 aliphatic carbocycles. The van der Waals surface area contributed by atoms with Crippen molar-refractivity contribution in [1.29, 1.82) is 0 Å². The molecule has 4 nitrogen and oxygen atoms in total. The fourth-order valence-electron chi connectivity index (χ4n) is 1.51. The van der Waals surface area contributed by atoms with Crippen LogP contribution in [0.15, 0.2) is 41.0 Å². The van der Waals surface area contributed by atoms with Crippen LogP contribution in [0.5, 0.6) is 0 Å². The van der Waals surface area contributed by atoms with Gasteiger partial charge in [-0.25, -0.2) is 4.98 Å². The van der Waals surface area contributed by atoms with Gasteiger partial charge in [-0.2, -0.15) is 0 Å². The summed E-state index contributed by atoms with van der Waals surface area (Å²) in [6, 6.07) is 8.94. The zero-order valence-electron chi connectivity index (χ0n) is 9.77. The largest absolute Gasteiger partial charge is 0.366 e. The van der Waals surface area contributed by atoms with E-state index in [1.165, 1.54) is 0 Å². The molecule has 5 heteroatoms. The van der Waals surface area contributed by atoms with Gasteiger partial charge in [0, 0.05) is 17.4 Å². The van der Waals surface area contributed by atoms with Crippen LogP contribution >= 0.6 is 15.9 Å². The number of rotatable bonds is 3. The summed E-state index contributed by atoms with van der Waals surface area (Å²) in [5.41, 5.74) is 7.53. The number of anilines is 2. The van der Waals surface area contributed by atoms with Gasteiger partial charge in [-0.05, 0) is 52.7 Å². The van der Waals surface area contributed by atoms with Crippen molar-refractivity contribution in [2.45, 2.75) is 6.92 Å². The highest BCUT2D eigenvalue weighted by Gasteiger charge is 2.04. The zero-order valence-corrected chi connectivity index (χ0v) is 11.4. The van der Waals surface area contributed by atoms with E-state index in [-0.39, 0.29) is 0 Å². The van der Waals surface area contributed by atoms with Crippen LogP contribution in [-0.4, -0.2) is 10.9 Å². The SMILES string of the molecule is Cc1cnc(Nc2cccc(C(N)=O)c2)c(Br)c1. The molecule has 1 aromatic heterocycles. The van der Waals surface area contributed by atoms with Gasteiger partial charge in [0.1, 0.15) is 5.82 Å². The third kappa shape index (κ3) is 2.87. The van der Waals surface area contributed by atoms with Gasteiger partial charge in [0.05, 0.1) is 4.47 Å². The average Bonchev–Trinajstić information content (AvgIpc) is 2.33. The van der Waals surface area contributed by atoms with Crippen LogP contribution in [-0.2, 0) is 0 Å². The lowest BCUT2D eigenvalue weighted by atomic mass is 10.2. The minimum atomic E-state index is -0.449. The number of benzene rings is 1. The molecule has 2 aromatic rings. The van der Waals surface area contributed by atoms with Crippen LogP contribution in [0.1, 0.15) is 15.9 Å². The Kier molecular flexibility index (Phi) is 3.62. The maximum absolute atomic E-state index is 11.1. The molecule has 0 spiro atoms. The van der Waals surface area contributed by atoms with Crippen LogP contribution in [0.2, 0.25) is 0 Å². The second-order valence-electron chi connectivity index (χ2n) is 3.91. The normalized spacial score (nSPS) is 10.1. The fourth-order valence-corrected chi connectivity index (χ4v) is 2.08. The van der Waals surface area contributed by atoms with E-state index in [1.54, 1.807) is 24.4 Å². The summed E-state index contributed by atoms with van der Waals surface area (Å²) in [4.78, 5) is 15.4. The number of carbonyl (C=O) groups excluding carboxylic acids is 1. The predicted molar refractivity (Wildman–Crippen MR) is 74.9 cm³/mol. The second-order valence-corrected chi connectivity index (χ2v) is 4.77. The summed E-state index contributed by atoms with van der Waals surface area (Å²) < 4.78 is 0.868. The van der Waals surface area contributed by atoms with E-state index in [9.17, 15) is 4.79 Å². The number of pyridine rings is 1. The van der Waals surface area contributed by atoms with E-state index in [4.69, 9.17) is 5.73 Å². The number of carbonyl (C=O) groups is 1. The van der Waals surface area contributed by atoms with Gasteiger partial charge >= 0.3 is 0 Å². The summed E-state index contributed by atoms with van der Waals surface area (Å²) in [5, 5.41) is 3.13. The summed E-state index contributed by atoms with van der Waals surface area (Å²) in [6.07, 6.45) is 1.77. The molecule has 3 N–H and O–H groups in total. The summed E-state index contributed by atoms with van der Waals surface area (Å²) in [6.45, 7) is 1.97. The number of aromatic nitrogens is 1. The molecule has 0 atom stereocenters. The van der Waals surface area contributed by atoms with Gasteiger partial charge in [-0.15, -0.1) is 0 Å². The molecule has 1 heterocycles. The molecule has 0 saturated carbocycles. The molecule has 0 radical (unpaired) electrons. The lowest BCUT2D eigenvalue weighted by Gasteiger charge is -2.08. The molecular formula is C13H12BrN3O. The second kappa shape index (κ2) is 5.18. The number of amides is 1. The van der Waals surface area contributed by atoms with Crippen molar-refractivity contribution < 1.29 is 4.79 Å². The zero-order chi connectivity index (χ0) is 13.1. The molecule has 0 unspecified atom stereocenters. The van der Waals surface area contributed by atoms with Crippen molar-refractivity contribution in [2.75, 3.05) is 5.32 Å². The van der Waals surface area contributed by atoms with Gasteiger partial charge in [0.25, 0.3) is 0 Å². The first kappa shape index (κ1) is 12.6. The Balaban J connectivity index is 2.28. The van der Waals surface area contributed by atoms with Crippen LogP contribution in [0.4, 0.5) is 11.5 Å². The molecule has 18 heavy (non-hydrogen) atoms. The molecular weight excluding hydrogens is 294 g/mol. The minimum Gasteiger partial charge on any atom is -0.366 e. The van der Waals surface area contributed by atoms with E-state index in [2.05, 4.69) is 26.2 Å². The van der Waals surface area contributed by atoms with E-state index in [0.29, 0.717) is 11.4 Å². The van der Waals surface area contributed by atoms with E-state index < -0.39 is 5.91 Å². The van der Waals surface area contributed by atoms with Gasteiger partial charge in [0.2, 0.25) is 5.91 Å². The Bertz CT molecular complexity index is 599. The van der Waals surface area contributed by atoms with Gasteiger partial charge in [-0.3, -0.25) is 4.79 Å². The number of halogens is 1. The lowest BCUT2D eigenvalue weighted by Crippen LogP contribution is -2.10. The Morgan fingerprint density at radius 2 is 2.17 bits per heavy atom. The number of hydrogen-bond acceptors (Lipinski definition) is 3. The van der Waals surface area contributed by atoms with E-state index >= 15 is 0 Å². The molecule has 2 rings (SSSR count). The fraction of sp³-hybridized carbons (Fsp3) is 0.0769. The summed E-state index contributed by atoms with van der Waals surface area (Å²) in [7, 11) is 0. The molecule has 0 saturated heterocycles. The van der Waals surface area contributed by atoms with Crippen molar-refractivity contribution in [3.05, 3.63) is 52.1 Å². The number of nitrogens with two attached hydrogens (primary N) is 1. The van der Waals surface area contributed by atoms with Gasteiger partial charge in [-0.1, -0.05) is 6.07 Å². The maximum Gasteiger partial charge on any atom is 0.248 e. The Morgan fingerprint density at radius 3 is 2.83 bits per heavy atom. The Labute approximate surface area is 113 Å². The molecule has 0 aliphatic rings. The highest BCUT2D eigenvalue weighted by molar-refractivity contribution is 9.10. The van der Waals surface area contributed by atoms with Crippen LogP contribution in [0, 0.1) is 6.92 Å². The van der Waals surface area contributed by atoms with Crippen LogP contribution in [0.25, 0.3) is 0 Å². The first-order valence-electron chi connectivity index (χ1n) is 5.35. The molecule has 0 fully saturated rings. The van der Waals surface area contributed by atoms with Gasteiger partial charge < -0.3 is 11.1 Å². The molecule has 92 valence electrons. The maximum atomic E-state index is 11.1. The minimum absolute atomic E-state index is 0.449. The number of primary amides is 1. The van der Waals surface area contributed by atoms with E-state index in [0.717, 1.165) is 15.7 Å². The molecule has 0 bridgehead atoms. The number of hydrogen-bond donors (Lipinski definition) is 2. The smallest absolute Gasteiger partial charge is 0.248 e. The van der Waals surface area contributed by atoms with E-state index in [1.807, 2.05) is 19.1 Å². The van der Waals surface area contributed by atoms with Crippen molar-refractivity contribution in [2.24, 2.45) is 5.73 Å². The van der Waals surface area contributed by atoms with Crippen LogP contribution < -0.4 is 11.1 Å². The monoisotopic (exact) mass is 305 g/mol. The third-order valence-electron chi connectivity index (χ3n) is 2.39. The van der Waals surface area contributed by atoms with Crippen molar-refractivity contribution in [3.63, 3.8) is 0 Å². The first-order chi connectivity index (χ1) is 8.56. The quantitative estimate of drug-likeness (QED) is 0.916. The highest BCUT2D eigenvalue weighted by Crippen LogP contribution is 2.24. The van der Waals surface area contributed by atoms with Crippen molar-refractivity contribution in [1.82, 2.24) is 4.98 Å². The van der Waals surface area contributed by atoms with Crippen LogP contribution in [0.3, 0.4) is 0 Å². The van der Waals surface area contributed by atoms with Crippen molar-refractivity contribution in [3.8, 4) is 0 Å². The summed E-state index contributed by atoms with van der Waals surface area (Å²) >= 11 is 3.44. The van der Waals surface area contributed by atoms with Gasteiger partial charge in [0.15, 0.2) is 0 Å². The molecule has 1 aromatic carbocycles. The topological polar surface area (TPSA) is 68.0 Å². The number of nitrogens with zero attached hydrogens (tertiary/aromatic N) is 1. The molecule has 0 aliphatic heterocycles. The predicted octanol–water partition coefficient (Wildman–Crippen LogP) is 3.00. The third-order valence-corrected chi connectivity index (χ3v) is 2.99. The standard InChI is InChI=1S/C13H12BrN3O/c1-8-5-11(14)13(16-7-8)17-10-4-2-3-9(6-10)12(15)18/h2-7H,1H3,(H2,15,18)(H,16,17). The Morgan fingerprint density at radius 1 is 1.39 bits per heavy atom. The molecule has 1 amide bonds.